The van der Waals surface area contributed by atoms with Crippen LogP contribution in [0.1, 0.15) is 38.2 Å². The minimum Gasteiger partial charge on any atom is -0.288 e. The van der Waals surface area contributed by atoms with Crippen LogP contribution in [-0.2, 0) is 0 Å². The van der Waals surface area contributed by atoms with Crippen LogP contribution in [0.15, 0.2) is 73.3 Å². The van der Waals surface area contributed by atoms with E-state index in [1.807, 2.05) is 24.3 Å². The average Bonchev–Trinajstić information content (AvgIpc) is 2.77. The van der Waals surface area contributed by atoms with Gasteiger partial charge in [-0.2, -0.15) is 0 Å². The van der Waals surface area contributed by atoms with E-state index in [0.29, 0.717) is 11.1 Å². The second-order valence-corrected chi connectivity index (χ2v) is 7.67. The first-order valence-corrected chi connectivity index (χ1v) is 10.0. The van der Waals surface area contributed by atoms with Crippen molar-refractivity contribution in [1.82, 2.24) is 9.97 Å². The molecule has 0 aliphatic heterocycles. The summed E-state index contributed by atoms with van der Waals surface area (Å²) < 4.78 is 0. The van der Waals surface area contributed by atoms with Crippen LogP contribution in [-0.4, -0.2) is 15.8 Å². The normalized spacial score (nSPS) is 10.8. The molecule has 0 saturated carbocycles. The van der Waals surface area contributed by atoms with Crippen LogP contribution in [0.5, 0.6) is 0 Å². The summed E-state index contributed by atoms with van der Waals surface area (Å²) in [5, 5.41) is 0. The molecule has 0 radical (unpaired) electrons. The number of aromatic nitrogens is 2. The van der Waals surface area contributed by atoms with Crippen LogP contribution in [0.2, 0.25) is 0 Å². The van der Waals surface area contributed by atoms with E-state index in [4.69, 9.17) is 0 Å². The summed E-state index contributed by atoms with van der Waals surface area (Å²) in [7, 11) is 0. The third-order valence-corrected chi connectivity index (χ3v) is 5.92. The summed E-state index contributed by atoms with van der Waals surface area (Å²) in [5.74, 6) is -0.0667. The van der Waals surface area contributed by atoms with Crippen molar-refractivity contribution >= 4 is 5.78 Å². The molecule has 0 saturated heterocycles. The van der Waals surface area contributed by atoms with Gasteiger partial charge in [-0.1, -0.05) is 36.4 Å². The van der Waals surface area contributed by atoms with Gasteiger partial charge in [-0.25, -0.2) is 0 Å². The standard InChI is InChI=1S/C27H24N2O/c1-17-7-5-9-21(19(17)3)23-11-13-28-15-25(23)27(30)26-16-29-14-12-24(26)22-10-6-8-18(2)20(22)4/h5-16H,1-4H3. The van der Waals surface area contributed by atoms with Crippen molar-refractivity contribution in [2.75, 3.05) is 0 Å². The summed E-state index contributed by atoms with van der Waals surface area (Å²) in [6.07, 6.45) is 6.81. The topological polar surface area (TPSA) is 42.9 Å². The van der Waals surface area contributed by atoms with E-state index in [2.05, 4.69) is 61.9 Å². The molecule has 3 heteroatoms. The quantitative estimate of drug-likeness (QED) is 0.384. The molecule has 0 aliphatic carbocycles. The monoisotopic (exact) mass is 392 g/mol. The lowest BCUT2D eigenvalue weighted by Gasteiger charge is -2.15. The maximum atomic E-state index is 13.7. The third-order valence-electron chi connectivity index (χ3n) is 5.92. The molecular formula is C27H24N2O. The first kappa shape index (κ1) is 19.7. The summed E-state index contributed by atoms with van der Waals surface area (Å²) in [5.41, 5.74) is 9.80. The Labute approximate surface area is 177 Å². The van der Waals surface area contributed by atoms with E-state index in [9.17, 15) is 4.79 Å². The molecular weight excluding hydrogens is 368 g/mol. The molecule has 2 aromatic carbocycles. The van der Waals surface area contributed by atoms with E-state index in [-0.39, 0.29) is 5.78 Å². The van der Waals surface area contributed by atoms with Gasteiger partial charge in [-0.05, 0) is 84.3 Å². The fourth-order valence-corrected chi connectivity index (χ4v) is 3.85. The molecule has 0 atom stereocenters. The predicted molar refractivity (Wildman–Crippen MR) is 122 cm³/mol. The molecule has 0 N–H and O–H groups in total. The van der Waals surface area contributed by atoms with E-state index >= 15 is 0 Å². The van der Waals surface area contributed by atoms with Gasteiger partial charge in [0.25, 0.3) is 0 Å². The number of nitrogens with zero attached hydrogens (tertiary/aromatic N) is 2. The second-order valence-electron chi connectivity index (χ2n) is 7.67. The van der Waals surface area contributed by atoms with E-state index in [1.165, 1.54) is 22.3 Å². The third kappa shape index (κ3) is 3.43. The highest BCUT2D eigenvalue weighted by atomic mass is 16.1. The molecule has 148 valence electrons. The van der Waals surface area contributed by atoms with E-state index in [0.717, 1.165) is 22.3 Å². The zero-order chi connectivity index (χ0) is 21.3. The van der Waals surface area contributed by atoms with Gasteiger partial charge in [0.1, 0.15) is 0 Å². The van der Waals surface area contributed by atoms with Crippen LogP contribution in [0.3, 0.4) is 0 Å². The molecule has 0 spiro atoms. The van der Waals surface area contributed by atoms with Crippen molar-refractivity contribution in [3.8, 4) is 22.3 Å². The SMILES string of the molecule is Cc1cccc(-c2ccncc2C(=O)c2cnccc2-c2cccc(C)c2C)c1C. The Kier molecular flexibility index (Phi) is 5.28. The van der Waals surface area contributed by atoms with Crippen LogP contribution in [0, 0.1) is 27.7 Å². The van der Waals surface area contributed by atoms with Gasteiger partial charge in [-0.15, -0.1) is 0 Å². The Morgan fingerprint density at radius 3 is 1.47 bits per heavy atom. The van der Waals surface area contributed by atoms with Gasteiger partial charge >= 0.3 is 0 Å². The second kappa shape index (κ2) is 8.03. The zero-order valence-corrected chi connectivity index (χ0v) is 17.7. The van der Waals surface area contributed by atoms with Gasteiger partial charge in [0.15, 0.2) is 5.78 Å². The number of hydrogen-bond acceptors (Lipinski definition) is 3. The highest BCUT2D eigenvalue weighted by molar-refractivity contribution is 6.15. The first-order valence-electron chi connectivity index (χ1n) is 10.0. The fraction of sp³-hybridized carbons (Fsp3) is 0.148. The molecule has 2 heterocycles. The molecule has 0 aliphatic rings. The smallest absolute Gasteiger partial charge is 0.197 e. The van der Waals surface area contributed by atoms with E-state index < -0.39 is 0 Å². The van der Waals surface area contributed by atoms with Crippen molar-refractivity contribution < 1.29 is 4.79 Å². The maximum absolute atomic E-state index is 13.7. The van der Waals surface area contributed by atoms with Crippen LogP contribution >= 0.6 is 0 Å². The molecule has 3 nitrogen and oxygen atoms in total. The van der Waals surface area contributed by atoms with Gasteiger partial charge in [-0.3, -0.25) is 14.8 Å². The summed E-state index contributed by atoms with van der Waals surface area (Å²) in [6, 6.07) is 16.2. The number of ketones is 1. The minimum absolute atomic E-state index is 0.0667. The van der Waals surface area contributed by atoms with Crippen molar-refractivity contribution in [3.05, 3.63) is 107 Å². The molecule has 0 bridgehead atoms. The van der Waals surface area contributed by atoms with Crippen molar-refractivity contribution in [3.63, 3.8) is 0 Å². The van der Waals surface area contributed by atoms with Gasteiger partial charge in [0.2, 0.25) is 0 Å². The number of carbonyl (C=O) groups is 1. The largest absolute Gasteiger partial charge is 0.288 e. The fourth-order valence-electron chi connectivity index (χ4n) is 3.85. The van der Waals surface area contributed by atoms with Crippen LogP contribution in [0.4, 0.5) is 0 Å². The molecule has 0 unspecified atom stereocenters. The van der Waals surface area contributed by atoms with E-state index in [1.54, 1.807) is 24.8 Å². The number of rotatable bonds is 4. The van der Waals surface area contributed by atoms with Crippen LogP contribution < -0.4 is 0 Å². The lowest BCUT2D eigenvalue weighted by Crippen LogP contribution is -2.08. The number of carbonyl (C=O) groups excluding carboxylic acids is 1. The van der Waals surface area contributed by atoms with Crippen molar-refractivity contribution in [1.29, 1.82) is 0 Å². The number of hydrogen-bond donors (Lipinski definition) is 0. The predicted octanol–water partition coefficient (Wildman–Crippen LogP) is 6.28. The molecule has 2 aromatic heterocycles. The van der Waals surface area contributed by atoms with Crippen molar-refractivity contribution in [2.24, 2.45) is 0 Å². The molecule has 0 amide bonds. The first-order chi connectivity index (χ1) is 14.5. The molecule has 30 heavy (non-hydrogen) atoms. The summed E-state index contributed by atoms with van der Waals surface area (Å²) in [4.78, 5) is 22.3. The van der Waals surface area contributed by atoms with Gasteiger partial charge in [0, 0.05) is 35.9 Å². The Morgan fingerprint density at radius 1 is 0.600 bits per heavy atom. The lowest BCUT2D eigenvalue weighted by atomic mass is 9.88. The highest BCUT2D eigenvalue weighted by Crippen LogP contribution is 2.33. The molecule has 0 fully saturated rings. The Hall–Kier alpha value is -3.59. The number of pyridine rings is 2. The Bertz CT molecular complexity index is 1160. The molecule has 4 rings (SSSR count). The summed E-state index contributed by atoms with van der Waals surface area (Å²) >= 11 is 0. The van der Waals surface area contributed by atoms with Crippen molar-refractivity contribution in [2.45, 2.75) is 27.7 Å². The highest BCUT2D eigenvalue weighted by Gasteiger charge is 2.21. The molecule has 4 aromatic rings. The van der Waals surface area contributed by atoms with Gasteiger partial charge < -0.3 is 0 Å². The number of aryl methyl sites for hydroxylation is 2. The van der Waals surface area contributed by atoms with Gasteiger partial charge in [0.05, 0.1) is 0 Å². The lowest BCUT2D eigenvalue weighted by molar-refractivity contribution is 0.103. The average molecular weight is 393 g/mol. The maximum Gasteiger partial charge on any atom is 0.197 e. The Balaban J connectivity index is 1.89. The zero-order valence-electron chi connectivity index (χ0n) is 17.7. The summed E-state index contributed by atoms with van der Waals surface area (Å²) in [6.45, 7) is 8.35. The Morgan fingerprint density at radius 2 is 1.03 bits per heavy atom. The number of benzene rings is 2. The van der Waals surface area contributed by atoms with Crippen LogP contribution in [0.25, 0.3) is 22.3 Å². The minimum atomic E-state index is -0.0667.